The molecule has 0 saturated carbocycles. The standard InChI is InChI=1S/C21H22N4O2.H2/c1-24-19(17-10-6-3-7-11-17)18(16-8-4-2-5-9-16)22-20(24)21(26)23-25-12-14-27-15-13-25;/h2-11H,12-15H2,1H3,(H,23,26);1H. The fraction of sp³-hybridized carbons (Fsp3) is 0.238. The lowest BCUT2D eigenvalue weighted by Crippen LogP contribution is -2.48. The van der Waals surface area contributed by atoms with Gasteiger partial charge in [-0.1, -0.05) is 60.7 Å². The van der Waals surface area contributed by atoms with Gasteiger partial charge in [-0.25, -0.2) is 9.99 Å². The summed E-state index contributed by atoms with van der Waals surface area (Å²) >= 11 is 0. The van der Waals surface area contributed by atoms with Gasteiger partial charge in [0.25, 0.3) is 0 Å². The van der Waals surface area contributed by atoms with Crippen LogP contribution in [0.3, 0.4) is 0 Å². The van der Waals surface area contributed by atoms with E-state index in [9.17, 15) is 4.79 Å². The van der Waals surface area contributed by atoms with E-state index in [0.29, 0.717) is 32.1 Å². The van der Waals surface area contributed by atoms with Crippen LogP contribution in [-0.2, 0) is 11.8 Å². The number of morpholine rings is 1. The molecule has 1 aliphatic heterocycles. The highest BCUT2D eigenvalue weighted by atomic mass is 16.5. The van der Waals surface area contributed by atoms with Gasteiger partial charge < -0.3 is 9.30 Å². The zero-order valence-electron chi connectivity index (χ0n) is 15.3. The maximum Gasteiger partial charge on any atom is 0.301 e. The Bertz CT molecular complexity index is 922. The van der Waals surface area contributed by atoms with Gasteiger partial charge >= 0.3 is 5.91 Å². The van der Waals surface area contributed by atoms with Gasteiger partial charge in [0.2, 0.25) is 5.82 Å². The first-order chi connectivity index (χ1) is 13.2. The first kappa shape index (κ1) is 17.5. The molecule has 140 valence electrons. The van der Waals surface area contributed by atoms with Crippen molar-refractivity contribution in [3.8, 4) is 22.5 Å². The van der Waals surface area contributed by atoms with E-state index in [2.05, 4.69) is 5.43 Å². The molecule has 0 radical (unpaired) electrons. The fourth-order valence-corrected chi connectivity index (χ4v) is 3.29. The number of carbonyl (C=O) groups is 1. The van der Waals surface area contributed by atoms with Crippen molar-refractivity contribution in [1.82, 2.24) is 20.0 Å². The van der Waals surface area contributed by atoms with E-state index >= 15 is 0 Å². The van der Waals surface area contributed by atoms with E-state index in [4.69, 9.17) is 9.72 Å². The van der Waals surface area contributed by atoms with E-state index in [1.807, 2.05) is 77.3 Å². The van der Waals surface area contributed by atoms with Crippen molar-refractivity contribution in [2.45, 2.75) is 0 Å². The van der Waals surface area contributed by atoms with Gasteiger partial charge in [0.1, 0.15) is 0 Å². The molecule has 0 spiro atoms. The first-order valence-corrected chi connectivity index (χ1v) is 9.05. The molecule has 27 heavy (non-hydrogen) atoms. The fourth-order valence-electron chi connectivity index (χ4n) is 3.29. The van der Waals surface area contributed by atoms with E-state index in [1.54, 1.807) is 0 Å². The van der Waals surface area contributed by atoms with Crippen molar-refractivity contribution >= 4 is 5.91 Å². The van der Waals surface area contributed by atoms with Gasteiger partial charge in [0, 0.05) is 32.7 Å². The van der Waals surface area contributed by atoms with Crippen LogP contribution >= 0.6 is 0 Å². The van der Waals surface area contributed by atoms with Crippen LogP contribution < -0.4 is 5.43 Å². The minimum atomic E-state index is -0.209. The topological polar surface area (TPSA) is 59.4 Å². The molecule has 0 atom stereocenters. The van der Waals surface area contributed by atoms with Gasteiger partial charge in [0.05, 0.1) is 24.6 Å². The number of hydrogen-bond acceptors (Lipinski definition) is 4. The highest BCUT2D eigenvalue weighted by Gasteiger charge is 2.23. The van der Waals surface area contributed by atoms with Crippen molar-refractivity contribution in [3.05, 3.63) is 66.5 Å². The first-order valence-electron chi connectivity index (χ1n) is 9.05. The van der Waals surface area contributed by atoms with Gasteiger partial charge in [-0.15, -0.1) is 0 Å². The lowest BCUT2D eigenvalue weighted by molar-refractivity contribution is 0.0122. The molecule has 0 aliphatic carbocycles. The average molecular weight is 364 g/mol. The Kier molecular flexibility index (Phi) is 5.00. The largest absolute Gasteiger partial charge is 0.379 e. The van der Waals surface area contributed by atoms with Crippen molar-refractivity contribution in [3.63, 3.8) is 0 Å². The van der Waals surface area contributed by atoms with Gasteiger partial charge in [-0.2, -0.15) is 0 Å². The summed E-state index contributed by atoms with van der Waals surface area (Å²) in [5.74, 6) is 0.179. The van der Waals surface area contributed by atoms with Crippen LogP contribution in [0, 0.1) is 0 Å². The normalized spacial score (nSPS) is 14.9. The molecular formula is C21H24N4O2. The molecule has 1 fully saturated rings. The van der Waals surface area contributed by atoms with Crippen molar-refractivity contribution in [2.75, 3.05) is 26.3 Å². The quantitative estimate of drug-likeness (QED) is 0.773. The molecule has 1 amide bonds. The van der Waals surface area contributed by atoms with E-state index in [1.165, 1.54) is 0 Å². The summed E-state index contributed by atoms with van der Waals surface area (Å²) in [5.41, 5.74) is 6.69. The lowest BCUT2D eigenvalue weighted by atomic mass is 10.1. The van der Waals surface area contributed by atoms with Crippen LogP contribution in [0.5, 0.6) is 0 Å². The smallest absolute Gasteiger partial charge is 0.301 e. The van der Waals surface area contributed by atoms with Crippen molar-refractivity contribution in [1.29, 1.82) is 0 Å². The molecule has 4 rings (SSSR count). The Morgan fingerprint density at radius 2 is 1.59 bits per heavy atom. The molecule has 1 aliphatic rings. The summed E-state index contributed by atoms with van der Waals surface area (Å²) in [6, 6.07) is 20.0. The minimum Gasteiger partial charge on any atom is -0.379 e. The number of benzene rings is 2. The minimum absolute atomic E-state index is 0. The maximum atomic E-state index is 12.9. The lowest BCUT2D eigenvalue weighted by Gasteiger charge is -2.26. The Morgan fingerprint density at radius 3 is 2.22 bits per heavy atom. The molecule has 3 aromatic rings. The number of hydrogen-bond donors (Lipinski definition) is 1. The summed E-state index contributed by atoms with van der Waals surface area (Å²) in [6.45, 7) is 2.58. The molecule has 0 bridgehead atoms. The SMILES string of the molecule is Cn1c(C(=O)NN2CCOCC2)nc(-c2ccccc2)c1-c1ccccc1.[HH]. The van der Waals surface area contributed by atoms with Crippen molar-refractivity contribution < 1.29 is 11.0 Å². The van der Waals surface area contributed by atoms with Crippen LogP contribution in [-0.4, -0.2) is 46.8 Å². The monoisotopic (exact) mass is 364 g/mol. The molecule has 0 unspecified atom stereocenters. The van der Waals surface area contributed by atoms with Crippen LogP contribution in [0.1, 0.15) is 12.0 Å². The van der Waals surface area contributed by atoms with Gasteiger partial charge in [-0.05, 0) is 0 Å². The summed E-state index contributed by atoms with van der Waals surface area (Å²) in [7, 11) is 1.88. The van der Waals surface area contributed by atoms with Crippen LogP contribution in [0.25, 0.3) is 22.5 Å². The number of amides is 1. The molecule has 1 saturated heterocycles. The highest BCUT2D eigenvalue weighted by molar-refractivity contribution is 5.94. The van der Waals surface area contributed by atoms with E-state index in [0.717, 1.165) is 22.5 Å². The van der Waals surface area contributed by atoms with Gasteiger partial charge in [0.15, 0.2) is 0 Å². The predicted molar refractivity (Wildman–Crippen MR) is 106 cm³/mol. The summed E-state index contributed by atoms with van der Waals surface area (Å²) in [5, 5.41) is 1.88. The number of carbonyl (C=O) groups excluding carboxylic acids is 1. The number of nitrogens with one attached hydrogen (secondary N) is 1. The average Bonchev–Trinajstić information content (AvgIpc) is 3.07. The maximum absolute atomic E-state index is 12.9. The van der Waals surface area contributed by atoms with E-state index < -0.39 is 0 Å². The van der Waals surface area contributed by atoms with E-state index in [-0.39, 0.29) is 7.33 Å². The molecule has 6 heteroatoms. The zero-order valence-corrected chi connectivity index (χ0v) is 15.3. The second kappa shape index (κ2) is 7.73. The Labute approximate surface area is 159 Å². The summed E-state index contributed by atoms with van der Waals surface area (Å²) in [6.07, 6.45) is 0. The number of aromatic nitrogens is 2. The zero-order chi connectivity index (χ0) is 18.6. The summed E-state index contributed by atoms with van der Waals surface area (Å²) < 4.78 is 7.20. The molecule has 1 N–H and O–H groups in total. The number of rotatable bonds is 4. The van der Waals surface area contributed by atoms with Crippen molar-refractivity contribution in [2.24, 2.45) is 7.05 Å². The molecule has 2 aromatic carbocycles. The van der Waals surface area contributed by atoms with Crippen LogP contribution in [0.4, 0.5) is 0 Å². The van der Waals surface area contributed by atoms with Gasteiger partial charge in [-0.3, -0.25) is 10.2 Å². The second-order valence-corrected chi connectivity index (χ2v) is 6.46. The molecule has 1 aromatic heterocycles. The van der Waals surface area contributed by atoms with Crippen LogP contribution in [0.2, 0.25) is 0 Å². The van der Waals surface area contributed by atoms with Crippen LogP contribution in [0.15, 0.2) is 60.7 Å². The Hall–Kier alpha value is -2.96. The Balaban J connectivity index is 0.00000225. The molecule has 6 nitrogen and oxygen atoms in total. The third kappa shape index (κ3) is 3.63. The number of hydrazine groups is 1. The number of ether oxygens (including phenoxy) is 1. The third-order valence-electron chi connectivity index (χ3n) is 4.66. The second-order valence-electron chi connectivity index (χ2n) is 6.46. The summed E-state index contributed by atoms with van der Waals surface area (Å²) in [4.78, 5) is 17.6. The third-order valence-corrected chi connectivity index (χ3v) is 4.66. The Morgan fingerprint density at radius 1 is 1.00 bits per heavy atom. The molecular weight excluding hydrogens is 340 g/mol. The predicted octanol–water partition coefficient (Wildman–Crippen LogP) is 2.98. The molecule has 2 heterocycles. The number of nitrogens with zero attached hydrogens (tertiary/aromatic N) is 3. The number of imidazole rings is 1. The highest BCUT2D eigenvalue weighted by Crippen LogP contribution is 2.32.